The van der Waals surface area contributed by atoms with Crippen LogP contribution in [0.1, 0.15) is 30.9 Å². The second-order valence-corrected chi connectivity index (χ2v) is 7.65. The van der Waals surface area contributed by atoms with E-state index in [1.807, 2.05) is 15.5 Å². The van der Waals surface area contributed by atoms with Crippen LogP contribution in [0.4, 0.5) is 10.1 Å². The Labute approximate surface area is 139 Å². The lowest BCUT2D eigenvalue weighted by atomic mass is 10.1. The first-order valence-corrected chi connectivity index (χ1v) is 8.62. The fourth-order valence-corrected chi connectivity index (χ4v) is 4.25. The molecule has 2 atom stereocenters. The van der Waals surface area contributed by atoms with Crippen LogP contribution in [-0.4, -0.2) is 23.2 Å². The highest BCUT2D eigenvalue weighted by atomic mass is 19.1. The van der Waals surface area contributed by atoms with E-state index in [4.69, 9.17) is 11.5 Å². The molecule has 0 bridgehead atoms. The van der Waals surface area contributed by atoms with E-state index in [0.29, 0.717) is 23.7 Å². The Bertz CT molecular complexity index is 919. The summed E-state index contributed by atoms with van der Waals surface area (Å²) in [6, 6.07) is 5.16. The predicted molar refractivity (Wildman–Crippen MR) is 91.6 cm³/mol. The van der Waals surface area contributed by atoms with Crippen LogP contribution >= 0.6 is 0 Å². The average Bonchev–Trinajstić information content (AvgIpc) is 3.45. The van der Waals surface area contributed by atoms with Crippen molar-refractivity contribution >= 4 is 16.6 Å². The molecule has 5 nitrogen and oxygen atoms in total. The first-order valence-electron chi connectivity index (χ1n) is 8.62. The lowest BCUT2D eigenvalue weighted by Gasteiger charge is -2.24. The summed E-state index contributed by atoms with van der Waals surface area (Å²) in [6.07, 6.45) is 3.03. The number of halogens is 1. The molecule has 24 heavy (non-hydrogen) atoms. The number of aromatic nitrogens is 1. The van der Waals surface area contributed by atoms with E-state index in [9.17, 15) is 9.18 Å². The van der Waals surface area contributed by atoms with Gasteiger partial charge in [0, 0.05) is 42.7 Å². The fourth-order valence-electron chi connectivity index (χ4n) is 4.25. The summed E-state index contributed by atoms with van der Waals surface area (Å²) in [7, 11) is 0. The van der Waals surface area contributed by atoms with Crippen molar-refractivity contribution in [2.75, 3.05) is 18.0 Å². The molecule has 1 saturated heterocycles. The van der Waals surface area contributed by atoms with Crippen LogP contribution < -0.4 is 21.9 Å². The third-order valence-electron chi connectivity index (χ3n) is 5.88. The van der Waals surface area contributed by atoms with Gasteiger partial charge in [0.1, 0.15) is 5.82 Å². The van der Waals surface area contributed by atoms with Crippen LogP contribution in [0.3, 0.4) is 0 Å². The molecular formula is C18H21FN4O. The minimum Gasteiger partial charge on any atom is -0.367 e. The maximum atomic E-state index is 14.8. The van der Waals surface area contributed by atoms with E-state index < -0.39 is 0 Å². The number of anilines is 1. The number of nitrogens with two attached hydrogens (primary N) is 2. The zero-order chi connectivity index (χ0) is 16.6. The maximum absolute atomic E-state index is 14.8. The Balaban J connectivity index is 1.71. The quantitative estimate of drug-likeness (QED) is 0.894. The summed E-state index contributed by atoms with van der Waals surface area (Å²) >= 11 is 0. The Hall–Kier alpha value is -1.92. The smallest absolute Gasteiger partial charge is 0.251 e. The van der Waals surface area contributed by atoms with Crippen LogP contribution in [-0.2, 0) is 6.54 Å². The molecule has 2 aliphatic carbocycles. The molecule has 1 aromatic heterocycles. The van der Waals surface area contributed by atoms with Crippen molar-refractivity contribution in [3.05, 3.63) is 39.9 Å². The van der Waals surface area contributed by atoms with Gasteiger partial charge in [0.05, 0.1) is 11.2 Å². The summed E-state index contributed by atoms with van der Waals surface area (Å²) in [4.78, 5) is 14.5. The van der Waals surface area contributed by atoms with E-state index in [0.717, 1.165) is 36.7 Å². The maximum Gasteiger partial charge on any atom is 0.251 e. The molecule has 1 aliphatic heterocycles. The summed E-state index contributed by atoms with van der Waals surface area (Å²) in [6.45, 7) is 1.71. The van der Waals surface area contributed by atoms with Gasteiger partial charge >= 0.3 is 0 Å². The highest BCUT2D eigenvalue weighted by molar-refractivity contribution is 5.86. The highest BCUT2D eigenvalue weighted by Crippen LogP contribution is 2.49. The van der Waals surface area contributed by atoms with Crippen molar-refractivity contribution in [3.8, 4) is 0 Å². The molecule has 6 heteroatoms. The molecule has 2 aromatic rings. The standard InChI is InChI=1S/C18H21FN4O/c19-14-4-13-10(7-20)3-17(24)23(12-1-2-12)15(13)5-16(14)22-8-11-6-18(11,21)9-22/h3-5,11-12H,1-2,6-9,20-21H2. The number of rotatable bonds is 3. The number of hydrogen-bond acceptors (Lipinski definition) is 4. The van der Waals surface area contributed by atoms with Gasteiger partial charge < -0.3 is 20.9 Å². The van der Waals surface area contributed by atoms with Gasteiger partial charge in [0.2, 0.25) is 0 Å². The van der Waals surface area contributed by atoms with E-state index in [-0.39, 0.29) is 29.5 Å². The van der Waals surface area contributed by atoms with Crippen molar-refractivity contribution in [2.24, 2.45) is 17.4 Å². The van der Waals surface area contributed by atoms with Gasteiger partial charge in [0.25, 0.3) is 5.56 Å². The van der Waals surface area contributed by atoms with Crippen molar-refractivity contribution in [3.63, 3.8) is 0 Å². The number of pyridine rings is 1. The summed E-state index contributed by atoms with van der Waals surface area (Å²) in [5.41, 5.74) is 13.9. The molecule has 4 N–H and O–H groups in total. The fraction of sp³-hybridized carbons (Fsp3) is 0.500. The Morgan fingerprint density at radius 1 is 1.29 bits per heavy atom. The lowest BCUT2D eigenvalue weighted by Crippen LogP contribution is -2.33. The molecule has 2 unspecified atom stereocenters. The van der Waals surface area contributed by atoms with Crippen molar-refractivity contribution in [1.29, 1.82) is 0 Å². The zero-order valence-corrected chi connectivity index (χ0v) is 13.5. The Morgan fingerprint density at radius 3 is 2.71 bits per heavy atom. The van der Waals surface area contributed by atoms with Gasteiger partial charge in [-0.1, -0.05) is 0 Å². The van der Waals surface area contributed by atoms with E-state index in [1.54, 1.807) is 6.07 Å². The summed E-state index contributed by atoms with van der Waals surface area (Å²) < 4.78 is 16.6. The van der Waals surface area contributed by atoms with Crippen molar-refractivity contribution < 1.29 is 4.39 Å². The van der Waals surface area contributed by atoms with E-state index in [2.05, 4.69) is 0 Å². The van der Waals surface area contributed by atoms with Crippen LogP contribution in [0.15, 0.2) is 23.0 Å². The molecule has 3 aliphatic rings. The second-order valence-electron chi connectivity index (χ2n) is 7.65. The zero-order valence-electron chi connectivity index (χ0n) is 13.5. The predicted octanol–water partition coefficient (Wildman–Crippen LogP) is 1.47. The molecule has 0 spiro atoms. The molecule has 0 radical (unpaired) electrons. The average molecular weight is 328 g/mol. The third kappa shape index (κ3) is 1.96. The van der Waals surface area contributed by atoms with Gasteiger partial charge in [-0.2, -0.15) is 0 Å². The number of hydrogen-bond donors (Lipinski definition) is 2. The van der Waals surface area contributed by atoms with Gasteiger partial charge in [-0.3, -0.25) is 4.79 Å². The van der Waals surface area contributed by atoms with Gasteiger partial charge in [0.15, 0.2) is 0 Å². The van der Waals surface area contributed by atoms with Gasteiger partial charge in [-0.05, 0) is 42.9 Å². The van der Waals surface area contributed by atoms with Crippen molar-refractivity contribution in [1.82, 2.24) is 4.57 Å². The SMILES string of the molecule is NCc1cc(=O)n(C2CC2)c2cc(N3CC4CC4(N)C3)c(F)cc12. The van der Waals surface area contributed by atoms with Crippen LogP contribution in [0.2, 0.25) is 0 Å². The minimum absolute atomic E-state index is 0.0393. The third-order valence-corrected chi connectivity index (χ3v) is 5.88. The van der Waals surface area contributed by atoms with Crippen LogP contribution in [0.5, 0.6) is 0 Å². The molecule has 5 rings (SSSR count). The van der Waals surface area contributed by atoms with Crippen molar-refractivity contribution in [2.45, 2.75) is 37.4 Å². The Morgan fingerprint density at radius 2 is 2.08 bits per heavy atom. The monoisotopic (exact) mass is 328 g/mol. The largest absolute Gasteiger partial charge is 0.367 e. The number of nitrogens with zero attached hydrogens (tertiary/aromatic N) is 2. The van der Waals surface area contributed by atoms with Gasteiger partial charge in [-0.25, -0.2) is 4.39 Å². The molecule has 1 aromatic carbocycles. The lowest BCUT2D eigenvalue weighted by molar-refractivity contribution is 0.616. The number of piperidine rings is 1. The van der Waals surface area contributed by atoms with Gasteiger partial charge in [-0.15, -0.1) is 0 Å². The van der Waals surface area contributed by atoms with Crippen LogP contribution in [0, 0.1) is 11.7 Å². The number of benzene rings is 1. The first kappa shape index (κ1) is 14.4. The highest BCUT2D eigenvalue weighted by Gasteiger charge is 2.57. The minimum atomic E-state index is -0.261. The topological polar surface area (TPSA) is 77.3 Å². The molecule has 126 valence electrons. The van der Waals surface area contributed by atoms with Crippen LogP contribution in [0.25, 0.3) is 10.9 Å². The normalized spacial score (nSPS) is 28.5. The Kier molecular flexibility index (Phi) is 2.75. The molecule has 2 heterocycles. The summed E-state index contributed by atoms with van der Waals surface area (Å²) in [5, 5.41) is 0.747. The first-order chi connectivity index (χ1) is 11.5. The number of fused-ring (bicyclic) bond motifs is 2. The molecule has 0 amide bonds. The second kappa shape index (κ2) is 4.58. The molecule has 3 fully saturated rings. The van der Waals surface area contributed by atoms with E-state index >= 15 is 0 Å². The molecular weight excluding hydrogens is 307 g/mol. The summed E-state index contributed by atoms with van der Waals surface area (Å²) in [5.74, 6) is 0.205. The van der Waals surface area contributed by atoms with E-state index in [1.165, 1.54) is 6.07 Å². The molecule has 2 saturated carbocycles.